The molecule has 0 bridgehead atoms. The zero-order chi connectivity index (χ0) is 13.3. The van der Waals surface area contributed by atoms with Gasteiger partial charge in [-0.25, -0.2) is 0 Å². The number of hydrogen-bond acceptors (Lipinski definition) is 3. The van der Waals surface area contributed by atoms with Crippen LogP contribution in [0.2, 0.25) is 0 Å². The first-order valence-electron chi connectivity index (χ1n) is 6.27. The third kappa shape index (κ3) is 2.80. The molecule has 1 fully saturated rings. The lowest BCUT2D eigenvalue weighted by Crippen LogP contribution is -2.42. The van der Waals surface area contributed by atoms with E-state index in [1.165, 1.54) is 0 Å². The standard InChI is InChI=1S/C13H26N2O2/c1-12(2)10(13(12,3)4)8-15-11(16)9(14)6-7-17-5/h9-10H,6-8,14H2,1-5H3,(H,15,16). The third-order valence-corrected chi connectivity index (χ3v) is 4.77. The van der Waals surface area contributed by atoms with E-state index in [0.29, 0.717) is 29.8 Å². The van der Waals surface area contributed by atoms with Crippen molar-refractivity contribution >= 4 is 5.91 Å². The van der Waals surface area contributed by atoms with Crippen LogP contribution in [-0.2, 0) is 9.53 Å². The lowest BCUT2D eigenvalue weighted by atomic mass is 10.0. The molecule has 1 rings (SSSR count). The average molecular weight is 242 g/mol. The van der Waals surface area contributed by atoms with Crippen LogP contribution in [-0.4, -0.2) is 32.2 Å². The average Bonchev–Trinajstić information content (AvgIpc) is 2.63. The van der Waals surface area contributed by atoms with E-state index < -0.39 is 6.04 Å². The summed E-state index contributed by atoms with van der Waals surface area (Å²) in [5.41, 5.74) is 6.36. The molecule has 1 unspecified atom stereocenters. The molecule has 1 aliphatic carbocycles. The summed E-state index contributed by atoms with van der Waals surface area (Å²) in [5.74, 6) is 0.467. The van der Waals surface area contributed by atoms with Gasteiger partial charge in [-0.05, 0) is 23.2 Å². The summed E-state index contributed by atoms with van der Waals surface area (Å²) >= 11 is 0. The van der Waals surface area contributed by atoms with Crippen molar-refractivity contribution in [2.45, 2.75) is 40.2 Å². The molecule has 0 spiro atoms. The van der Waals surface area contributed by atoms with Crippen molar-refractivity contribution in [2.75, 3.05) is 20.3 Å². The first-order valence-corrected chi connectivity index (χ1v) is 6.27. The Bertz CT molecular complexity index is 273. The van der Waals surface area contributed by atoms with Crippen molar-refractivity contribution in [3.8, 4) is 0 Å². The van der Waals surface area contributed by atoms with Crippen molar-refractivity contribution in [1.29, 1.82) is 0 Å². The van der Waals surface area contributed by atoms with Crippen LogP contribution in [0.3, 0.4) is 0 Å². The molecule has 1 saturated carbocycles. The number of hydrogen-bond donors (Lipinski definition) is 2. The molecular formula is C13H26N2O2. The van der Waals surface area contributed by atoms with Gasteiger partial charge < -0.3 is 15.8 Å². The SMILES string of the molecule is COCCC(N)C(=O)NCC1C(C)(C)C1(C)C. The Morgan fingerprint density at radius 1 is 1.35 bits per heavy atom. The molecule has 0 saturated heterocycles. The highest BCUT2D eigenvalue weighted by Crippen LogP contribution is 2.67. The van der Waals surface area contributed by atoms with Crippen LogP contribution in [0.1, 0.15) is 34.1 Å². The lowest BCUT2D eigenvalue weighted by molar-refractivity contribution is -0.122. The van der Waals surface area contributed by atoms with E-state index in [2.05, 4.69) is 33.0 Å². The number of nitrogens with two attached hydrogens (primary N) is 1. The van der Waals surface area contributed by atoms with Gasteiger partial charge in [-0.2, -0.15) is 0 Å². The molecular weight excluding hydrogens is 216 g/mol. The molecule has 0 heterocycles. The highest BCUT2D eigenvalue weighted by Gasteiger charge is 2.64. The van der Waals surface area contributed by atoms with Gasteiger partial charge in [0.2, 0.25) is 5.91 Å². The maximum Gasteiger partial charge on any atom is 0.237 e. The van der Waals surface area contributed by atoms with E-state index in [4.69, 9.17) is 10.5 Å². The first-order chi connectivity index (χ1) is 7.75. The zero-order valence-corrected chi connectivity index (χ0v) is 11.7. The summed E-state index contributed by atoms with van der Waals surface area (Å²) in [7, 11) is 1.61. The Morgan fingerprint density at radius 3 is 2.29 bits per heavy atom. The lowest BCUT2D eigenvalue weighted by Gasteiger charge is -2.12. The van der Waals surface area contributed by atoms with Crippen molar-refractivity contribution in [3.63, 3.8) is 0 Å². The molecule has 4 nitrogen and oxygen atoms in total. The Hall–Kier alpha value is -0.610. The predicted molar refractivity (Wildman–Crippen MR) is 68.5 cm³/mol. The minimum Gasteiger partial charge on any atom is -0.385 e. The minimum absolute atomic E-state index is 0.0689. The van der Waals surface area contributed by atoms with Crippen LogP contribution in [0.4, 0.5) is 0 Å². The van der Waals surface area contributed by atoms with E-state index in [1.807, 2.05) is 0 Å². The smallest absolute Gasteiger partial charge is 0.237 e. The minimum atomic E-state index is -0.458. The monoisotopic (exact) mass is 242 g/mol. The maximum atomic E-state index is 11.7. The topological polar surface area (TPSA) is 64.3 Å². The number of carbonyl (C=O) groups is 1. The molecule has 1 amide bonds. The second kappa shape index (κ2) is 4.94. The van der Waals surface area contributed by atoms with Crippen molar-refractivity contribution < 1.29 is 9.53 Å². The maximum absolute atomic E-state index is 11.7. The fourth-order valence-electron chi connectivity index (χ4n) is 2.55. The normalized spacial score (nSPS) is 23.2. The highest BCUT2D eigenvalue weighted by molar-refractivity contribution is 5.81. The number of nitrogens with one attached hydrogen (secondary N) is 1. The predicted octanol–water partition coefficient (Wildman–Crippen LogP) is 1.15. The summed E-state index contributed by atoms with van der Waals surface area (Å²) in [4.78, 5) is 11.7. The summed E-state index contributed by atoms with van der Waals surface area (Å²) in [6, 6.07) is -0.458. The van der Waals surface area contributed by atoms with Crippen LogP contribution >= 0.6 is 0 Å². The summed E-state index contributed by atoms with van der Waals surface area (Å²) in [6.45, 7) is 10.2. The molecule has 4 heteroatoms. The number of rotatable bonds is 6. The van der Waals surface area contributed by atoms with Gasteiger partial charge >= 0.3 is 0 Å². The Labute approximate surface area is 104 Å². The molecule has 1 atom stereocenters. The molecule has 0 aromatic heterocycles. The van der Waals surface area contributed by atoms with Crippen LogP contribution in [0.25, 0.3) is 0 Å². The highest BCUT2D eigenvalue weighted by atomic mass is 16.5. The van der Waals surface area contributed by atoms with E-state index in [9.17, 15) is 4.79 Å². The van der Waals surface area contributed by atoms with Crippen molar-refractivity contribution in [2.24, 2.45) is 22.5 Å². The van der Waals surface area contributed by atoms with Gasteiger partial charge in [0.05, 0.1) is 6.04 Å². The summed E-state index contributed by atoms with van der Waals surface area (Å²) in [5, 5.41) is 2.95. The van der Waals surface area contributed by atoms with Crippen molar-refractivity contribution in [3.05, 3.63) is 0 Å². The molecule has 100 valence electrons. The molecule has 0 radical (unpaired) electrons. The second-order valence-corrected chi connectivity index (χ2v) is 6.13. The third-order valence-electron chi connectivity index (χ3n) is 4.77. The van der Waals surface area contributed by atoms with Crippen LogP contribution < -0.4 is 11.1 Å². The van der Waals surface area contributed by atoms with Gasteiger partial charge in [0, 0.05) is 20.3 Å². The van der Waals surface area contributed by atoms with Gasteiger partial charge in [0.1, 0.15) is 0 Å². The number of ether oxygens (including phenoxy) is 1. The quantitative estimate of drug-likeness (QED) is 0.734. The van der Waals surface area contributed by atoms with Crippen LogP contribution in [0.15, 0.2) is 0 Å². The molecule has 0 aromatic rings. The van der Waals surface area contributed by atoms with Gasteiger partial charge in [-0.15, -0.1) is 0 Å². The van der Waals surface area contributed by atoms with Gasteiger partial charge in [-0.1, -0.05) is 27.7 Å². The van der Waals surface area contributed by atoms with E-state index in [1.54, 1.807) is 7.11 Å². The Kier molecular flexibility index (Phi) is 4.20. The summed E-state index contributed by atoms with van der Waals surface area (Å²) in [6.07, 6.45) is 0.569. The number of amides is 1. The second-order valence-electron chi connectivity index (χ2n) is 6.13. The molecule has 0 aliphatic heterocycles. The largest absolute Gasteiger partial charge is 0.385 e. The Morgan fingerprint density at radius 2 is 1.88 bits per heavy atom. The van der Waals surface area contributed by atoms with Gasteiger partial charge in [0.25, 0.3) is 0 Å². The molecule has 0 aromatic carbocycles. The van der Waals surface area contributed by atoms with Gasteiger partial charge in [0.15, 0.2) is 0 Å². The van der Waals surface area contributed by atoms with Crippen LogP contribution in [0.5, 0.6) is 0 Å². The van der Waals surface area contributed by atoms with Crippen LogP contribution in [0, 0.1) is 16.7 Å². The van der Waals surface area contributed by atoms with Crippen molar-refractivity contribution in [1.82, 2.24) is 5.32 Å². The molecule has 3 N–H and O–H groups in total. The van der Waals surface area contributed by atoms with Gasteiger partial charge in [-0.3, -0.25) is 4.79 Å². The van der Waals surface area contributed by atoms with E-state index >= 15 is 0 Å². The molecule has 1 aliphatic rings. The molecule has 17 heavy (non-hydrogen) atoms. The number of carbonyl (C=O) groups excluding carboxylic acids is 1. The Balaban J connectivity index is 2.31. The fourth-order valence-corrected chi connectivity index (χ4v) is 2.55. The summed E-state index contributed by atoms with van der Waals surface area (Å²) < 4.78 is 4.91. The first kappa shape index (κ1) is 14.5. The van der Waals surface area contributed by atoms with E-state index in [0.717, 1.165) is 6.54 Å². The fraction of sp³-hybridized carbons (Fsp3) is 0.923. The zero-order valence-electron chi connectivity index (χ0n) is 11.7. The number of methoxy groups -OCH3 is 1. The van der Waals surface area contributed by atoms with E-state index in [-0.39, 0.29) is 5.91 Å².